The highest BCUT2D eigenvalue weighted by Gasteiger charge is 2.42. The Labute approximate surface area is 128 Å². The molecule has 0 amide bonds. The van der Waals surface area contributed by atoms with Crippen LogP contribution in [0.2, 0.25) is 10.0 Å². The van der Waals surface area contributed by atoms with Crippen LogP contribution in [0.15, 0.2) is 30.7 Å². The number of hydrogen-bond donors (Lipinski definition) is 1. The normalized spacial score (nSPS) is 18.0. The zero-order chi connectivity index (χ0) is 14.3. The van der Waals surface area contributed by atoms with E-state index in [2.05, 4.69) is 16.5 Å². The Morgan fingerprint density at radius 3 is 2.80 bits per heavy atom. The molecule has 0 bridgehead atoms. The molecule has 1 heterocycles. The fourth-order valence-electron chi connectivity index (χ4n) is 2.76. The van der Waals surface area contributed by atoms with Crippen LogP contribution >= 0.6 is 23.2 Å². The summed E-state index contributed by atoms with van der Waals surface area (Å²) in [4.78, 5) is 4.30. The van der Waals surface area contributed by atoms with Crippen molar-refractivity contribution in [3.63, 3.8) is 0 Å². The van der Waals surface area contributed by atoms with E-state index in [-0.39, 0.29) is 5.54 Å². The minimum atomic E-state index is -0.114. The Morgan fingerprint density at radius 2 is 2.15 bits per heavy atom. The monoisotopic (exact) mass is 309 g/mol. The van der Waals surface area contributed by atoms with E-state index in [9.17, 15) is 0 Å². The number of halogens is 2. The first-order valence-electron chi connectivity index (χ1n) is 6.74. The number of benzene rings is 1. The molecular weight excluding hydrogens is 293 g/mol. The van der Waals surface area contributed by atoms with Crippen LogP contribution in [0.4, 0.5) is 0 Å². The Morgan fingerprint density at radius 1 is 1.40 bits per heavy atom. The van der Waals surface area contributed by atoms with Crippen LogP contribution in [0.5, 0.6) is 0 Å². The molecule has 0 radical (unpaired) electrons. The van der Waals surface area contributed by atoms with E-state index >= 15 is 0 Å². The van der Waals surface area contributed by atoms with E-state index in [4.69, 9.17) is 28.9 Å². The number of rotatable bonds is 4. The standard InChI is InChI=1S/C15H17Cl2N3/c1-15(8-18,10-2-3-10)20-9-19-7-14(20)12-6-11(16)4-5-13(12)17/h4-7,9-10H,2-3,8,18H2,1H3. The van der Waals surface area contributed by atoms with Gasteiger partial charge in [-0.15, -0.1) is 0 Å². The second-order valence-corrected chi connectivity index (χ2v) is 6.45. The van der Waals surface area contributed by atoms with E-state index in [1.54, 1.807) is 6.07 Å². The van der Waals surface area contributed by atoms with Crippen molar-refractivity contribution < 1.29 is 0 Å². The molecule has 2 N–H and O–H groups in total. The third-order valence-electron chi connectivity index (χ3n) is 4.26. The molecule has 2 aromatic rings. The molecule has 20 heavy (non-hydrogen) atoms. The van der Waals surface area contributed by atoms with Crippen molar-refractivity contribution >= 4 is 23.2 Å². The van der Waals surface area contributed by atoms with Crippen LogP contribution in [0, 0.1) is 5.92 Å². The summed E-state index contributed by atoms with van der Waals surface area (Å²) in [5.41, 5.74) is 7.80. The van der Waals surface area contributed by atoms with Gasteiger partial charge in [0.05, 0.1) is 28.8 Å². The average molecular weight is 310 g/mol. The van der Waals surface area contributed by atoms with Gasteiger partial charge in [-0.05, 0) is 43.9 Å². The Balaban J connectivity index is 2.12. The van der Waals surface area contributed by atoms with Crippen molar-refractivity contribution in [2.45, 2.75) is 25.3 Å². The van der Waals surface area contributed by atoms with Crippen LogP contribution in [-0.4, -0.2) is 16.1 Å². The fraction of sp³-hybridized carbons (Fsp3) is 0.400. The lowest BCUT2D eigenvalue weighted by Crippen LogP contribution is -2.40. The van der Waals surface area contributed by atoms with Crippen LogP contribution < -0.4 is 5.73 Å². The summed E-state index contributed by atoms with van der Waals surface area (Å²) < 4.78 is 2.15. The van der Waals surface area contributed by atoms with E-state index < -0.39 is 0 Å². The molecule has 106 valence electrons. The quantitative estimate of drug-likeness (QED) is 0.929. The maximum Gasteiger partial charge on any atom is 0.0956 e. The smallest absolute Gasteiger partial charge is 0.0956 e. The lowest BCUT2D eigenvalue weighted by Gasteiger charge is -2.32. The molecule has 1 fully saturated rings. The molecule has 5 heteroatoms. The van der Waals surface area contributed by atoms with Crippen molar-refractivity contribution in [3.05, 3.63) is 40.8 Å². The van der Waals surface area contributed by atoms with Crippen molar-refractivity contribution in [2.75, 3.05) is 6.54 Å². The molecule has 1 saturated carbocycles. The summed E-state index contributed by atoms with van der Waals surface area (Å²) >= 11 is 12.4. The van der Waals surface area contributed by atoms with Crippen molar-refractivity contribution in [1.82, 2.24) is 9.55 Å². The molecule has 1 atom stereocenters. The fourth-order valence-corrected chi connectivity index (χ4v) is 3.15. The van der Waals surface area contributed by atoms with Gasteiger partial charge in [0, 0.05) is 17.1 Å². The lowest BCUT2D eigenvalue weighted by molar-refractivity contribution is 0.284. The SMILES string of the molecule is CC(CN)(C1CC1)n1cncc1-c1cc(Cl)ccc1Cl. The predicted molar refractivity (Wildman–Crippen MR) is 83.1 cm³/mol. The summed E-state index contributed by atoms with van der Waals surface area (Å²) in [7, 11) is 0. The molecule has 0 aliphatic heterocycles. The minimum absolute atomic E-state index is 0.114. The average Bonchev–Trinajstić information content (AvgIpc) is 3.19. The molecule has 3 nitrogen and oxygen atoms in total. The molecule has 1 aromatic carbocycles. The summed E-state index contributed by atoms with van der Waals surface area (Å²) in [5.74, 6) is 0.610. The van der Waals surface area contributed by atoms with Gasteiger partial charge in [0.15, 0.2) is 0 Å². The first-order valence-corrected chi connectivity index (χ1v) is 7.50. The summed E-state index contributed by atoms with van der Waals surface area (Å²) in [6.45, 7) is 2.77. The van der Waals surface area contributed by atoms with Crippen molar-refractivity contribution in [3.8, 4) is 11.3 Å². The molecule has 0 spiro atoms. The second kappa shape index (κ2) is 5.06. The Hall–Kier alpha value is -1.03. The summed E-state index contributed by atoms with van der Waals surface area (Å²) in [6, 6.07) is 5.48. The maximum absolute atomic E-state index is 6.32. The molecule has 1 aliphatic rings. The topological polar surface area (TPSA) is 43.8 Å². The molecule has 1 unspecified atom stereocenters. The summed E-state index contributed by atoms with van der Waals surface area (Å²) in [6.07, 6.45) is 6.11. The predicted octanol–water partition coefficient (Wildman–Crippen LogP) is 3.94. The minimum Gasteiger partial charge on any atom is -0.328 e. The van der Waals surface area contributed by atoms with Gasteiger partial charge in [-0.1, -0.05) is 23.2 Å². The third kappa shape index (κ3) is 2.24. The van der Waals surface area contributed by atoms with Crippen LogP contribution in [-0.2, 0) is 5.54 Å². The highest BCUT2D eigenvalue weighted by Crippen LogP contribution is 2.45. The zero-order valence-corrected chi connectivity index (χ0v) is 12.8. The molecule has 1 aliphatic carbocycles. The second-order valence-electron chi connectivity index (χ2n) is 5.61. The highest BCUT2D eigenvalue weighted by molar-refractivity contribution is 6.35. The molecular formula is C15H17Cl2N3. The number of nitrogens with zero attached hydrogens (tertiary/aromatic N) is 2. The van der Waals surface area contributed by atoms with Crippen molar-refractivity contribution in [1.29, 1.82) is 0 Å². The van der Waals surface area contributed by atoms with Crippen LogP contribution in [0.1, 0.15) is 19.8 Å². The Kier molecular flexibility index (Phi) is 3.53. The van der Waals surface area contributed by atoms with Crippen LogP contribution in [0.25, 0.3) is 11.3 Å². The molecule has 0 saturated heterocycles. The van der Waals surface area contributed by atoms with Crippen LogP contribution in [0.3, 0.4) is 0 Å². The number of nitrogens with two attached hydrogens (primary N) is 1. The largest absolute Gasteiger partial charge is 0.328 e. The Bertz CT molecular complexity index is 634. The van der Waals surface area contributed by atoms with Gasteiger partial charge >= 0.3 is 0 Å². The van der Waals surface area contributed by atoms with Gasteiger partial charge in [0.1, 0.15) is 0 Å². The van der Waals surface area contributed by atoms with Gasteiger partial charge < -0.3 is 10.3 Å². The zero-order valence-electron chi connectivity index (χ0n) is 11.3. The molecule has 1 aromatic heterocycles. The van der Waals surface area contributed by atoms with Gasteiger partial charge in [-0.25, -0.2) is 4.98 Å². The van der Waals surface area contributed by atoms with E-state index in [0.29, 0.717) is 22.5 Å². The van der Waals surface area contributed by atoms with Gasteiger partial charge in [0.25, 0.3) is 0 Å². The van der Waals surface area contributed by atoms with Gasteiger partial charge in [-0.3, -0.25) is 0 Å². The first-order chi connectivity index (χ1) is 9.56. The number of aromatic nitrogens is 2. The summed E-state index contributed by atoms with van der Waals surface area (Å²) in [5, 5.41) is 1.34. The first kappa shape index (κ1) is 13.9. The number of hydrogen-bond acceptors (Lipinski definition) is 2. The highest BCUT2D eigenvalue weighted by atomic mass is 35.5. The van der Waals surface area contributed by atoms with Crippen molar-refractivity contribution in [2.24, 2.45) is 11.7 Å². The number of imidazole rings is 1. The van der Waals surface area contributed by atoms with Gasteiger partial charge in [-0.2, -0.15) is 0 Å². The van der Waals surface area contributed by atoms with E-state index in [1.807, 2.05) is 24.7 Å². The van der Waals surface area contributed by atoms with E-state index in [1.165, 1.54) is 12.8 Å². The third-order valence-corrected chi connectivity index (χ3v) is 4.83. The van der Waals surface area contributed by atoms with E-state index in [0.717, 1.165) is 11.3 Å². The molecule has 3 rings (SSSR count). The maximum atomic E-state index is 6.32. The lowest BCUT2D eigenvalue weighted by atomic mass is 9.94. The van der Waals surface area contributed by atoms with Gasteiger partial charge in [0.2, 0.25) is 0 Å².